The number of methoxy groups -OCH3 is 1. The van der Waals surface area contributed by atoms with E-state index in [9.17, 15) is 13.2 Å². The summed E-state index contributed by atoms with van der Waals surface area (Å²) in [6.45, 7) is 1.63. The highest BCUT2D eigenvalue weighted by atomic mass is 35.5. The molecule has 156 valence electrons. The molecule has 9 heteroatoms. The number of hydrogen-bond donors (Lipinski definition) is 0. The van der Waals surface area contributed by atoms with E-state index in [1.165, 1.54) is 17.7 Å². The van der Waals surface area contributed by atoms with Gasteiger partial charge in [-0.15, -0.1) is 0 Å². The van der Waals surface area contributed by atoms with Crippen LogP contribution in [0.3, 0.4) is 0 Å². The second kappa shape index (κ2) is 9.02. The van der Waals surface area contributed by atoms with Gasteiger partial charge in [-0.1, -0.05) is 23.7 Å². The first-order chi connectivity index (χ1) is 13.8. The van der Waals surface area contributed by atoms with Crippen molar-refractivity contribution in [1.29, 1.82) is 0 Å². The fraction of sp³-hybridized carbons (Fsp3) is 0.350. The Morgan fingerprint density at radius 2 is 1.69 bits per heavy atom. The lowest BCUT2D eigenvalue weighted by Crippen LogP contribution is -2.50. The Morgan fingerprint density at radius 3 is 2.28 bits per heavy atom. The second-order valence-electron chi connectivity index (χ2n) is 6.74. The minimum Gasteiger partial charge on any atom is -0.493 e. The van der Waals surface area contributed by atoms with Crippen molar-refractivity contribution in [3.63, 3.8) is 0 Å². The lowest BCUT2D eigenvalue weighted by molar-refractivity contribution is 0.0698. The van der Waals surface area contributed by atoms with E-state index in [1.807, 2.05) is 12.1 Å². The van der Waals surface area contributed by atoms with Gasteiger partial charge in [0.05, 0.1) is 13.4 Å². The van der Waals surface area contributed by atoms with Crippen LogP contribution in [0.4, 0.5) is 0 Å². The molecule has 0 spiro atoms. The predicted octanol–water partition coefficient (Wildman–Crippen LogP) is 2.65. The molecule has 1 fully saturated rings. The minimum absolute atomic E-state index is 0.166. The van der Waals surface area contributed by atoms with Gasteiger partial charge in [0, 0.05) is 36.8 Å². The van der Waals surface area contributed by atoms with E-state index in [1.54, 1.807) is 35.2 Å². The lowest BCUT2D eigenvalue weighted by atomic mass is 10.1. The molecule has 0 aliphatic carbocycles. The standard InChI is InChI=1S/C20H23ClN2O5S/c1-27-19-13-16(20(24)22-9-11-23(12-10-22)29(2,25)26)5-8-18(19)28-14-15-3-6-17(21)7-4-15/h3-8,13H,9-12,14H2,1-2H3. The van der Waals surface area contributed by atoms with Crippen LogP contribution in [0.2, 0.25) is 5.02 Å². The summed E-state index contributed by atoms with van der Waals surface area (Å²) in [5.41, 5.74) is 1.42. The van der Waals surface area contributed by atoms with Gasteiger partial charge < -0.3 is 14.4 Å². The van der Waals surface area contributed by atoms with Gasteiger partial charge in [0.15, 0.2) is 11.5 Å². The number of hydrogen-bond acceptors (Lipinski definition) is 5. The van der Waals surface area contributed by atoms with Crippen LogP contribution in [0.15, 0.2) is 42.5 Å². The van der Waals surface area contributed by atoms with Crippen molar-refractivity contribution in [2.24, 2.45) is 0 Å². The summed E-state index contributed by atoms with van der Waals surface area (Å²) in [5.74, 6) is 0.821. The molecule has 7 nitrogen and oxygen atoms in total. The Bertz CT molecular complexity index is 971. The van der Waals surface area contributed by atoms with Gasteiger partial charge >= 0.3 is 0 Å². The Kier molecular flexibility index (Phi) is 6.66. The Labute approximate surface area is 175 Å². The van der Waals surface area contributed by atoms with E-state index in [0.717, 1.165) is 5.56 Å². The van der Waals surface area contributed by atoms with Crippen molar-refractivity contribution in [2.75, 3.05) is 39.5 Å². The fourth-order valence-electron chi connectivity index (χ4n) is 3.07. The number of nitrogens with zero attached hydrogens (tertiary/aromatic N) is 2. The second-order valence-corrected chi connectivity index (χ2v) is 9.15. The molecule has 2 aromatic carbocycles. The third-order valence-electron chi connectivity index (χ3n) is 4.71. The van der Waals surface area contributed by atoms with E-state index in [-0.39, 0.29) is 5.91 Å². The highest BCUT2D eigenvalue weighted by Gasteiger charge is 2.27. The van der Waals surface area contributed by atoms with E-state index >= 15 is 0 Å². The Balaban J connectivity index is 1.66. The van der Waals surface area contributed by atoms with E-state index in [0.29, 0.717) is 54.9 Å². The van der Waals surface area contributed by atoms with Crippen molar-refractivity contribution in [3.05, 3.63) is 58.6 Å². The highest BCUT2D eigenvalue weighted by molar-refractivity contribution is 7.88. The smallest absolute Gasteiger partial charge is 0.254 e. The SMILES string of the molecule is COc1cc(C(=O)N2CCN(S(C)(=O)=O)CC2)ccc1OCc1ccc(Cl)cc1. The van der Waals surface area contributed by atoms with Gasteiger partial charge in [-0.05, 0) is 35.9 Å². The average molecular weight is 439 g/mol. The molecule has 0 radical (unpaired) electrons. The topological polar surface area (TPSA) is 76.2 Å². The molecule has 1 amide bonds. The van der Waals surface area contributed by atoms with Crippen LogP contribution in [0, 0.1) is 0 Å². The summed E-state index contributed by atoms with van der Waals surface area (Å²) in [7, 11) is -1.72. The molecule has 29 heavy (non-hydrogen) atoms. The summed E-state index contributed by atoms with van der Waals surface area (Å²) in [4.78, 5) is 14.4. The first-order valence-corrected chi connectivity index (χ1v) is 11.3. The van der Waals surface area contributed by atoms with Crippen LogP contribution in [0.5, 0.6) is 11.5 Å². The number of amides is 1. The van der Waals surface area contributed by atoms with Crippen LogP contribution in [0.1, 0.15) is 15.9 Å². The molecule has 1 aliphatic rings. The summed E-state index contributed by atoms with van der Waals surface area (Å²) >= 11 is 5.89. The maximum atomic E-state index is 12.8. The number of halogens is 1. The third kappa shape index (κ3) is 5.41. The van der Waals surface area contributed by atoms with E-state index in [4.69, 9.17) is 21.1 Å². The van der Waals surface area contributed by atoms with E-state index < -0.39 is 10.0 Å². The van der Waals surface area contributed by atoms with Crippen molar-refractivity contribution >= 4 is 27.5 Å². The quantitative estimate of drug-likeness (QED) is 0.693. The van der Waals surface area contributed by atoms with Crippen molar-refractivity contribution in [3.8, 4) is 11.5 Å². The number of piperazine rings is 1. The number of carbonyl (C=O) groups excluding carboxylic acids is 1. The van der Waals surface area contributed by atoms with Gasteiger partial charge in [-0.2, -0.15) is 4.31 Å². The summed E-state index contributed by atoms with van der Waals surface area (Å²) in [6, 6.07) is 12.4. The molecular formula is C20H23ClN2O5S. The molecule has 1 saturated heterocycles. The van der Waals surface area contributed by atoms with Crippen LogP contribution in [0.25, 0.3) is 0 Å². The van der Waals surface area contributed by atoms with Gasteiger partial charge in [-0.3, -0.25) is 4.79 Å². The zero-order valence-corrected chi connectivity index (χ0v) is 17.9. The van der Waals surface area contributed by atoms with Gasteiger partial charge in [-0.25, -0.2) is 8.42 Å². The molecule has 0 saturated carbocycles. The molecule has 0 N–H and O–H groups in total. The zero-order chi connectivity index (χ0) is 21.0. The number of rotatable bonds is 6. The van der Waals surface area contributed by atoms with Crippen molar-refractivity contribution in [1.82, 2.24) is 9.21 Å². The molecule has 3 rings (SSSR count). The normalized spacial score (nSPS) is 15.2. The third-order valence-corrected chi connectivity index (χ3v) is 6.27. The molecule has 1 heterocycles. The number of ether oxygens (including phenoxy) is 2. The van der Waals surface area contributed by atoms with Gasteiger partial charge in [0.1, 0.15) is 6.61 Å². The predicted molar refractivity (Wildman–Crippen MR) is 111 cm³/mol. The maximum Gasteiger partial charge on any atom is 0.254 e. The zero-order valence-electron chi connectivity index (χ0n) is 16.3. The van der Waals surface area contributed by atoms with Crippen LogP contribution < -0.4 is 9.47 Å². The first kappa shape index (κ1) is 21.4. The maximum absolute atomic E-state index is 12.8. The molecule has 0 unspecified atom stereocenters. The Hall–Kier alpha value is -2.29. The highest BCUT2D eigenvalue weighted by Crippen LogP contribution is 2.29. The molecular weight excluding hydrogens is 416 g/mol. The summed E-state index contributed by atoms with van der Waals surface area (Å²) in [6.07, 6.45) is 1.18. The van der Waals surface area contributed by atoms with Crippen LogP contribution >= 0.6 is 11.6 Å². The van der Waals surface area contributed by atoms with Crippen LogP contribution in [-0.2, 0) is 16.6 Å². The molecule has 0 bridgehead atoms. The van der Waals surface area contributed by atoms with E-state index in [2.05, 4.69) is 0 Å². The largest absolute Gasteiger partial charge is 0.493 e. The minimum atomic E-state index is -3.24. The number of sulfonamides is 1. The lowest BCUT2D eigenvalue weighted by Gasteiger charge is -2.33. The van der Waals surface area contributed by atoms with Gasteiger partial charge in [0.2, 0.25) is 10.0 Å². The summed E-state index contributed by atoms with van der Waals surface area (Å²) in [5, 5.41) is 0.659. The average Bonchev–Trinajstić information content (AvgIpc) is 2.72. The number of benzene rings is 2. The molecule has 1 aliphatic heterocycles. The van der Waals surface area contributed by atoms with Gasteiger partial charge in [0.25, 0.3) is 5.91 Å². The molecule has 0 aromatic heterocycles. The monoisotopic (exact) mass is 438 g/mol. The summed E-state index contributed by atoms with van der Waals surface area (Å²) < 4.78 is 35.8. The Morgan fingerprint density at radius 1 is 1.03 bits per heavy atom. The molecule has 2 aromatic rings. The first-order valence-electron chi connectivity index (χ1n) is 9.07. The fourth-order valence-corrected chi connectivity index (χ4v) is 4.02. The number of carbonyl (C=O) groups is 1. The molecule has 0 atom stereocenters. The van der Waals surface area contributed by atoms with Crippen LogP contribution in [-0.4, -0.2) is 63.1 Å². The van der Waals surface area contributed by atoms with Crippen molar-refractivity contribution in [2.45, 2.75) is 6.61 Å². The van der Waals surface area contributed by atoms with Crippen molar-refractivity contribution < 1.29 is 22.7 Å².